The van der Waals surface area contributed by atoms with E-state index in [9.17, 15) is 4.79 Å². The van der Waals surface area contributed by atoms with Gasteiger partial charge in [0.05, 0.1) is 11.8 Å². The summed E-state index contributed by atoms with van der Waals surface area (Å²) in [4.78, 5) is 11.4. The maximum atomic E-state index is 11.4. The quantitative estimate of drug-likeness (QED) is 0.680. The van der Waals surface area contributed by atoms with Gasteiger partial charge in [-0.3, -0.25) is 9.48 Å². The Kier molecular flexibility index (Phi) is 3.64. The molecular weight excluding hydrogens is 166 g/mol. The number of aryl methyl sites for hydroxylation is 1. The summed E-state index contributed by atoms with van der Waals surface area (Å²) in [6, 6.07) is 0. The Hall–Kier alpha value is -1.16. The minimum Gasteiger partial charge on any atom is -0.319 e. The lowest BCUT2D eigenvalue weighted by molar-refractivity contribution is 0.0983. The Morgan fingerprint density at radius 2 is 2.46 bits per heavy atom. The van der Waals surface area contributed by atoms with Crippen molar-refractivity contribution in [3.05, 3.63) is 18.0 Å². The molecule has 0 unspecified atom stereocenters. The first-order valence-corrected chi connectivity index (χ1v) is 4.48. The summed E-state index contributed by atoms with van der Waals surface area (Å²) >= 11 is 0. The van der Waals surface area contributed by atoms with E-state index >= 15 is 0 Å². The van der Waals surface area contributed by atoms with Gasteiger partial charge in [0, 0.05) is 25.7 Å². The van der Waals surface area contributed by atoms with Crippen molar-refractivity contribution in [2.45, 2.75) is 19.9 Å². The van der Waals surface area contributed by atoms with Crippen LogP contribution in [0.2, 0.25) is 0 Å². The Labute approximate surface area is 77.9 Å². The minimum absolute atomic E-state index is 0.147. The van der Waals surface area contributed by atoms with Crippen molar-refractivity contribution in [3.63, 3.8) is 0 Å². The Morgan fingerprint density at radius 3 is 3.00 bits per heavy atom. The van der Waals surface area contributed by atoms with Gasteiger partial charge in [0.25, 0.3) is 0 Å². The molecule has 0 bridgehead atoms. The molecule has 0 aliphatic carbocycles. The first kappa shape index (κ1) is 9.92. The van der Waals surface area contributed by atoms with Gasteiger partial charge in [0.2, 0.25) is 0 Å². The molecule has 72 valence electrons. The second-order valence-electron chi connectivity index (χ2n) is 2.86. The molecule has 4 nitrogen and oxygen atoms in total. The van der Waals surface area contributed by atoms with E-state index in [0.717, 1.165) is 13.1 Å². The van der Waals surface area contributed by atoms with Crippen LogP contribution in [0.4, 0.5) is 0 Å². The summed E-state index contributed by atoms with van der Waals surface area (Å²) in [5.41, 5.74) is 0.706. The molecule has 1 rings (SSSR count). The normalized spacial score (nSPS) is 10.3. The van der Waals surface area contributed by atoms with Crippen LogP contribution in [-0.2, 0) is 6.54 Å². The van der Waals surface area contributed by atoms with E-state index < -0.39 is 0 Å². The molecule has 1 heterocycles. The molecule has 0 aliphatic heterocycles. The van der Waals surface area contributed by atoms with Crippen LogP contribution in [0.25, 0.3) is 0 Å². The maximum Gasteiger partial charge on any atom is 0.167 e. The van der Waals surface area contributed by atoms with E-state index in [-0.39, 0.29) is 5.78 Å². The Morgan fingerprint density at radius 1 is 1.69 bits per heavy atom. The predicted octanol–water partition coefficient (Wildman–Crippen LogP) is 0.695. The zero-order chi connectivity index (χ0) is 9.68. The number of nitrogens with zero attached hydrogens (tertiary/aromatic N) is 2. The van der Waals surface area contributed by atoms with Crippen molar-refractivity contribution in [1.29, 1.82) is 0 Å². The predicted molar refractivity (Wildman–Crippen MR) is 50.8 cm³/mol. The average Bonchev–Trinajstić information content (AvgIpc) is 2.62. The van der Waals surface area contributed by atoms with Gasteiger partial charge in [-0.15, -0.1) is 0 Å². The number of hydrogen-bond acceptors (Lipinski definition) is 3. The fraction of sp³-hybridized carbons (Fsp3) is 0.556. The standard InChI is InChI=1S/C9H15N3O/c1-3-12-7-8(6-11-12)9(13)4-5-10-2/h6-7,10H,3-5H2,1-2H3. The largest absolute Gasteiger partial charge is 0.319 e. The maximum absolute atomic E-state index is 11.4. The average molecular weight is 181 g/mol. The molecule has 0 fully saturated rings. The monoisotopic (exact) mass is 181 g/mol. The number of ketones is 1. The Balaban J connectivity index is 2.55. The highest BCUT2D eigenvalue weighted by Crippen LogP contribution is 2.01. The van der Waals surface area contributed by atoms with Gasteiger partial charge in [0.1, 0.15) is 0 Å². The van der Waals surface area contributed by atoms with Crippen LogP contribution in [0.1, 0.15) is 23.7 Å². The van der Waals surface area contributed by atoms with E-state index in [4.69, 9.17) is 0 Å². The number of aromatic nitrogens is 2. The highest BCUT2D eigenvalue weighted by Gasteiger charge is 2.06. The zero-order valence-corrected chi connectivity index (χ0v) is 8.08. The number of carbonyl (C=O) groups excluding carboxylic acids is 1. The highest BCUT2D eigenvalue weighted by atomic mass is 16.1. The lowest BCUT2D eigenvalue weighted by atomic mass is 10.2. The number of rotatable bonds is 5. The fourth-order valence-corrected chi connectivity index (χ4v) is 1.06. The lowest BCUT2D eigenvalue weighted by Crippen LogP contribution is -2.12. The third kappa shape index (κ3) is 2.66. The van der Waals surface area contributed by atoms with Crippen molar-refractivity contribution in [2.24, 2.45) is 0 Å². The van der Waals surface area contributed by atoms with Gasteiger partial charge in [-0.1, -0.05) is 0 Å². The summed E-state index contributed by atoms with van der Waals surface area (Å²) in [6.45, 7) is 3.52. The molecule has 13 heavy (non-hydrogen) atoms. The van der Waals surface area contributed by atoms with E-state index in [1.807, 2.05) is 14.0 Å². The molecule has 0 radical (unpaired) electrons. The summed E-state index contributed by atoms with van der Waals surface area (Å²) < 4.78 is 1.76. The van der Waals surface area contributed by atoms with Gasteiger partial charge in [0.15, 0.2) is 5.78 Å². The van der Waals surface area contributed by atoms with Crippen molar-refractivity contribution in [1.82, 2.24) is 15.1 Å². The topological polar surface area (TPSA) is 46.9 Å². The molecule has 1 N–H and O–H groups in total. The molecule has 1 aromatic rings. The fourth-order valence-electron chi connectivity index (χ4n) is 1.06. The zero-order valence-electron chi connectivity index (χ0n) is 8.08. The van der Waals surface area contributed by atoms with Gasteiger partial charge in [-0.2, -0.15) is 5.10 Å². The lowest BCUT2D eigenvalue weighted by Gasteiger charge is -1.95. The van der Waals surface area contributed by atoms with Crippen molar-refractivity contribution in [2.75, 3.05) is 13.6 Å². The molecule has 0 amide bonds. The molecule has 0 saturated heterocycles. The molecule has 1 aromatic heterocycles. The Bertz CT molecular complexity index is 280. The van der Waals surface area contributed by atoms with Crippen LogP contribution in [0.5, 0.6) is 0 Å². The SMILES string of the molecule is CCn1cc(C(=O)CCNC)cn1. The first-order valence-electron chi connectivity index (χ1n) is 4.48. The second kappa shape index (κ2) is 4.77. The summed E-state index contributed by atoms with van der Waals surface area (Å²) in [5.74, 6) is 0.147. The van der Waals surface area contributed by atoms with Crippen molar-refractivity contribution in [3.8, 4) is 0 Å². The van der Waals surface area contributed by atoms with E-state index in [1.165, 1.54) is 0 Å². The summed E-state index contributed by atoms with van der Waals surface area (Å²) in [5, 5.41) is 6.98. The second-order valence-corrected chi connectivity index (χ2v) is 2.86. The van der Waals surface area contributed by atoms with Crippen LogP contribution >= 0.6 is 0 Å². The molecule has 0 aliphatic rings. The minimum atomic E-state index is 0.147. The van der Waals surface area contributed by atoms with Crippen molar-refractivity contribution >= 4 is 5.78 Å². The molecule has 0 aromatic carbocycles. The number of hydrogen-bond donors (Lipinski definition) is 1. The summed E-state index contributed by atoms with van der Waals surface area (Å²) in [6.07, 6.45) is 3.95. The van der Waals surface area contributed by atoms with Crippen molar-refractivity contribution < 1.29 is 4.79 Å². The summed E-state index contributed by atoms with van der Waals surface area (Å²) in [7, 11) is 1.84. The van der Waals surface area contributed by atoms with Gasteiger partial charge < -0.3 is 5.32 Å². The third-order valence-electron chi connectivity index (χ3n) is 1.88. The number of Topliss-reactive ketones (excluding diaryl/α,β-unsaturated/α-hetero) is 1. The van der Waals surface area contributed by atoms with Crippen LogP contribution in [0.3, 0.4) is 0 Å². The van der Waals surface area contributed by atoms with Crippen LogP contribution in [-0.4, -0.2) is 29.2 Å². The van der Waals surface area contributed by atoms with E-state index in [1.54, 1.807) is 17.1 Å². The van der Waals surface area contributed by atoms with Gasteiger partial charge in [-0.05, 0) is 14.0 Å². The number of nitrogens with one attached hydrogen (secondary N) is 1. The molecule has 4 heteroatoms. The van der Waals surface area contributed by atoms with Crippen LogP contribution in [0.15, 0.2) is 12.4 Å². The smallest absolute Gasteiger partial charge is 0.167 e. The van der Waals surface area contributed by atoms with E-state index in [0.29, 0.717) is 12.0 Å². The van der Waals surface area contributed by atoms with Gasteiger partial charge in [-0.25, -0.2) is 0 Å². The molecular formula is C9H15N3O. The first-order chi connectivity index (χ1) is 6.27. The third-order valence-corrected chi connectivity index (χ3v) is 1.88. The van der Waals surface area contributed by atoms with E-state index in [2.05, 4.69) is 10.4 Å². The molecule has 0 spiro atoms. The highest BCUT2D eigenvalue weighted by molar-refractivity contribution is 5.95. The van der Waals surface area contributed by atoms with Crippen LogP contribution in [0, 0.1) is 0 Å². The molecule has 0 saturated carbocycles. The van der Waals surface area contributed by atoms with Crippen LogP contribution < -0.4 is 5.32 Å². The number of carbonyl (C=O) groups is 1. The molecule has 0 atom stereocenters. The van der Waals surface area contributed by atoms with Gasteiger partial charge >= 0.3 is 0 Å².